The molecule has 21 heavy (non-hydrogen) atoms. The summed E-state index contributed by atoms with van der Waals surface area (Å²) in [5.41, 5.74) is 1.55. The first-order valence-electron chi connectivity index (χ1n) is 6.79. The third-order valence-corrected chi connectivity index (χ3v) is 4.20. The van der Waals surface area contributed by atoms with Crippen LogP contribution in [0.25, 0.3) is 10.6 Å². The quantitative estimate of drug-likeness (QED) is 0.888. The van der Waals surface area contributed by atoms with Crippen LogP contribution in [0, 0.1) is 0 Å². The molecule has 110 valence electrons. The molecule has 1 amide bonds. The lowest BCUT2D eigenvalue weighted by Crippen LogP contribution is -2.59. The van der Waals surface area contributed by atoms with Crippen molar-refractivity contribution in [1.82, 2.24) is 10.3 Å². The molecule has 0 spiro atoms. The molecule has 1 aliphatic rings. The van der Waals surface area contributed by atoms with E-state index in [0.29, 0.717) is 0 Å². The maximum absolute atomic E-state index is 11.9. The molecule has 0 bridgehead atoms. The van der Waals surface area contributed by atoms with Crippen molar-refractivity contribution in [3.63, 3.8) is 0 Å². The highest BCUT2D eigenvalue weighted by atomic mass is 32.1. The van der Waals surface area contributed by atoms with Crippen LogP contribution in [0.5, 0.6) is 0 Å². The molecule has 0 atom stereocenters. The number of amides is 1. The second-order valence-electron chi connectivity index (χ2n) is 5.31. The van der Waals surface area contributed by atoms with Crippen LogP contribution in [-0.4, -0.2) is 36.2 Å². The zero-order valence-electron chi connectivity index (χ0n) is 11.8. The van der Waals surface area contributed by atoms with Gasteiger partial charge in [-0.05, 0) is 19.1 Å². The normalized spacial score (nSPS) is 16.2. The molecule has 1 aromatic heterocycles. The maximum Gasteiger partial charge on any atom is 0.250 e. The minimum atomic E-state index is -0.208. The molecule has 0 radical (unpaired) electrons. The number of nitrogens with one attached hydrogen (secondary N) is 2. The van der Waals surface area contributed by atoms with E-state index in [1.807, 2.05) is 36.6 Å². The summed E-state index contributed by atoms with van der Waals surface area (Å²) in [6.07, 6.45) is 1.77. The fourth-order valence-electron chi connectivity index (χ4n) is 2.11. The van der Waals surface area contributed by atoms with Crippen LogP contribution in [0.4, 0.5) is 5.69 Å². The zero-order valence-corrected chi connectivity index (χ0v) is 12.6. The number of anilines is 1. The molecular formula is C15H17N3O2S. The van der Waals surface area contributed by atoms with Crippen LogP contribution in [0.2, 0.25) is 0 Å². The average Bonchev–Trinajstić information content (AvgIpc) is 2.97. The van der Waals surface area contributed by atoms with E-state index >= 15 is 0 Å². The number of aromatic nitrogens is 1. The van der Waals surface area contributed by atoms with Gasteiger partial charge < -0.3 is 15.4 Å². The minimum absolute atomic E-state index is 0.0691. The Hall–Kier alpha value is -1.76. The average molecular weight is 303 g/mol. The van der Waals surface area contributed by atoms with E-state index in [1.54, 1.807) is 17.5 Å². The summed E-state index contributed by atoms with van der Waals surface area (Å²) in [7, 11) is 0. The monoisotopic (exact) mass is 303 g/mol. The zero-order chi connectivity index (χ0) is 14.7. The van der Waals surface area contributed by atoms with Gasteiger partial charge in [0.25, 0.3) is 0 Å². The van der Waals surface area contributed by atoms with Gasteiger partial charge in [0.2, 0.25) is 5.91 Å². The Balaban J connectivity index is 1.59. The van der Waals surface area contributed by atoms with Crippen molar-refractivity contribution < 1.29 is 9.53 Å². The lowest BCUT2D eigenvalue weighted by atomic mass is 10.0. The number of rotatable bonds is 5. The molecule has 5 nitrogen and oxygen atoms in total. The van der Waals surface area contributed by atoms with Gasteiger partial charge in [-0.2, -0.15) is 0 Å². The summed E-state index contributed by atoms with van der Waals surface area (Å²) in [6, 6.07) is 7.67. The molecule has 2 aromatic rings. The van der Waals surface area contributed by atoms with Gasteiger partial charge in [0.1, 0.15) is 11.6 Å². The molecule has 0 aliphatic carbocycles. The Morgan fingerprint density at radius 3 is 3.05 bits per heavy atom. The summed E-state index contributed by atoms with van der Waals surface area (Å²) in [5.74, 6) is -0.139. The fraction of sp³-hybridized carbons (Fsp3) is 0.333. The first-order chi connectivity index (χ1) is 10.1. The third-order valence-electron chi connectivity index (χ3n) is 3.38. The van der Waals surface area contributed by atoms with E-state index in [-0.39, 0.29) is 18.1 Å². The number of carbonyl (C=O) groups excluding carboxylic acids is 1. The lowest BCUT2D eigenvalue weighted by Gasteiger charge is -2.38. The molecule has 2 heterocycles. The lowest BCUT2D eigenvalue weighted by molar-refractivity contribution is -0.130. The fourth-order valence-corrected chi connectivity index (χ4v) is 2.75. The van der Waals surface area contributed by atoms with E-state index < -0.39 is 0 Å². The number of ether oxygens (including phenoxy) is 1. The SMILES string of the molecule is CC1(OCC(=O)Nc2cccc(-c3nccs3)c2)CNC1. The van der Waals surface area contributed by atoms with Crippen LogP contribution < -0.4 is 10.6 Å². The van der Waals surface area contributed by atoms with Gasteiger partial charge in [0.05, 0.1) is 5.60 Å². The molecule has 1 aliphatic heterocycles. The topological polar surface area (TPSA) is 63.2 Å². The highest BCUT2D eigenvalue weighted by molar-refractivity contribution is 7.13. The minimum Gasteiger partial charge on any atom is -0.363 e. The largest absolute Gasteiger partial charge is 0.363 e. The van der Waals surface area contributed by atoms with Crippen molar-refractivity contribution in [2.75, 3.05) is 25.0 Å². The van der Waals surface area contributed by atoms with Gasteiger partial charge in [0, 0.05) is 35.9 Å². The number of carbonyl (C=O) groups is 1. The molecule has 1 fully saturated rings. The molecular weight excluding hydrogens is 286 g/mol. The van der Waals surface area contributed by atoms with Gasteiger partial charge in [-0.1, -0.05) is 12.1 Å². The Kier molecular flexibility index (Phi) is 4.01. The Labute approximate surface area is 127 Å². The number of hydrogen-bond donors (Lipinski definition) is 2. The van der Waals surface area contributed by atoms with Crippen molar-refractivity contribution in [2.45, 2.75) is 12.5 Å². The van der Waals surface area contributed by atoms with Crippen LogP contribution >= 0.6 is 11.3 Å². The van der Waals surface area contributed by atoms with Gasteiger partial charge in [-0.15, -0.1) is 11.3 Å². The van der Waals surface area contributed by atoms with Gasteiger partial charge in [0.15, 0.2) is 0 Å². The van der Waals surface area contributed by atoms with Crippen molar-refractivity contribution in [3.8, 4) is 10.6 Å². The van der Waals surface area contributed by atoms with Crippen molar-refractivity contribution in [1.29, 1.82) is 0 Å². The van der Waals surface area contributed by atoms with Crippen molar-refractivity contribution >= 4 is 22.9 Å². The van der Waals surface area contributed by atoms with Crippen molar-refractivity contribution in [3.05, 3.63) is 35.8 Å². The molecule has 1 saturated heterocycles. The van der Waals surface area contributed by atoms with E-state index in [0.717, 1.165) is 29.3 Å². The van der Waals surface area contributed by atoms with Crippen LogP contribution in [0.15, 0.2) is 35.8 Å². The Morgan fingerprint density at radius 1 is 1.52 bits per heavy atom. The first-order valence-corrected chi connectivity index (χ1v) is 7.67. The smallest absolute Gasteiger partial charge is 0.250 e. The Morgan fingerprint density at radius 2 is 2.38 bits per heavy atom. The van der Waals surface area contributed by atoms with E-state index in [1.165, 1.54) is 0 Å². The van der Waals surface area contributed by atoms with Gasteiger partial charge in [-0.25, -0.2) is 4.98 Å². The van der Waals surface area contributed by atoms with Crippen LogP contribution in [0.1, 0.15) is 6.92 Å². The summed E-state index contributed by atoms with van der Waals surface area (Å²) in [4.78, 5) is 16.2. The van der Waals surface area contributed by atoms with Gasteiger partial charge >= 0.3 is 0 Å². The molecule has 0 unspecified atom stereocenters. The van der Waals surface area contributed by atoms with E-state index in [4.69, 9.17) is 4.74 Å². The second kappa shape index (κ2) is 5.93. The summed E-state index contributed by atoms with van der Waals surface area (Å²) in [6.45, 7) is 3.65. The molecule has 6 heteroatoms. The second-order valence-corrected chi connectivity index (χ2v) is 6.20. The molecule has 2 N–H and O–H groups in total. The number of nitrogens with zero attached hydrogens (tertiary/aromatic N) is 1. The third kappa shape index (κ3) is 3.47. The first kappa shape index (κ1) is 14.2. The van der Waals surface area contributed by atoms with Crippen LogP contribution in [0.3, 0.4) is 0 Å². The van der Waals surface area contributed by atoms with E-state index in [9.17, 15) is 4.79 Å². The maximum atomic E-state index is 11.9. The van der Waals surface area contributed by atoms with Gasteiger partial charge in [-0.3, -0.25) is 4.79 Å². The Bertz CT molecular complexity index is 624. The van der Waals surface area contributed by atoms with Crippen molar-refractivity contribution in [2.24, 2.45) is 0 Å². The molecule has 3 rings (SSSR count). The predicted molar refractivity (Wildman–Crippen MR) is 83.4 cm³/mol. The summed E-state index contributed by atoms with van der Waals surface area (Å²) >= 11 is 1.57. The number of hydrogen-bond acceptors (Lipinski definition) is 5. The number of thiazole rings is 1. The predicted octanol–water partition coefficient (Wildman–Crippen LogP) is 2.13. The highest BCUT2D eigenvalue weighted by Crippen LogP contribution is 2.24. The molecule has 1 aromatic carbocycles. The highest BCUT2D eigenvalue weighted by Gasteiger charge is 2.32. The molecule has 0 saturated carbocycles. The number of benzene rings is 1. The standard InChI is InChI=1S/C15H17N3O2S/c1-15(9-16-10-15)20-8-13(19)18-12-4-2-3-11(7-12)14-17-5-6-21-14/h2-7,16H,8-10H2,1H3,(H,18,19). The summed E-state index contributed by atoms with van der Waals surface area (Å²) in [5, 5.41) is 8.87. The van der Waals surface area contributed by atoms with E-state index in [2.05, 4.69) is 15.6 Å². The summed E-state index contributed by atoms with van der Waals surface area (Å²) < 4.78 is 5.62. The van der Waals surface area contributed by atoms with Crippen LogP contribution in [-0.2, 0) is 9.53 Å².